The van der Waals surface area contributed by atoms with Crippen LogP contribution in [0.4, 0.5) is 0 Å². The van der Waals surface area contributed by atoms with Crippen LogP contribution in [0.1, 0.15) is 27.8 Å². The number of phenolic OH excluding ortho intramolecular Hbond substituents is 1. The molecule has 4 aromatic rings. The zero-order valence-corrected chi connectivity index (χ0v) is 16.4. The van der Waals surface area contributed by atoms with Gasteiger partial charge in [-0.3, -0.25) is 0 Å². The van der Waals surface area contributed by atoms with Crippen LogP contribution >= 0.6 is 9.24 Å². The second-order valence-electron chi connectivity index (χ2n) is 7.14. The van der Waals surface area contributed by atoms with Gasteiger partial charge in [0.2, 0.25) is 0 Å². The molecule has 0 aliphatic carbocycles. The van der Waals surface area contributed by atoms with Gasteiger partial charge in [0.15, 0.2) is 0 Å². The summed E-state index contributed by atoms with van der Waals surface area (Å²) in [5.41, 5.74) is 5.76. The van der Waals surface area contributed by atoms with Gasteiger partial charge >= 0.3 is 0 Å². The summed E-state index contributed by atoms with van der Waals surface area (Å²) in [7, 11) is 2.79. The van der Waals surface area contributed by atoms with E-state index in [1.54, 1.807) is 0 Å². The van der Waals surface area contributed by atoms with Crippen molar-refractivity contribution in [3.63, 3.8) is 0 Å². The van der Waals surface area contributed by atoms with E-state index in [4.69, 9.17) is 0 Å². The molecule has 130 valence electrons. The molecule has 26 heavy (non-hydrogen) atoms. The van der Waals surface area contributed by atoms with Crippen LogP contribution in [0.25, 0.3) is 21.5 Å². The predicted octanol–water partition coefficient (Wildman–Crippen LogP) is 6.28. The van der Waals surface area contributed by atoms with Crippen molar-refractivity contribution in [1.29, 1.82) is 0 Å². The Bertz CT molecular complexity index is 1100. The van der Waals surface area contributed by atoms with Crippen LogP contribution in [-0.4, -0.2) is 5.11 Å². The SMILES string of the molecule is Cc1cc(Cc2ccc3c(ccc4cc(CP)ccc43)c2)cc(C)c1O. The van der Waals surface area contributed by atoms with Gasteiger partial charge in [-0.1, -0.05) is 60.7 Å². The zero-order chi connectivity index (χ0) is 18.3. The first-order valence-corrected chi connectivity index (χ1v) is 9.80. The molecule has 0 aromatic heterocycles. The lowest BCUT2D eigenvalue weighted by molar-refractivity contribution is 0.466. The number of phenols is 1. The van der Waals surface area contributed by atoms with Crippen LogP contribution in [0, 0.1) is 13.8 Å². The lowest BCUT2D eigenvalue weighted by Gasteiger charge is -2.10. The first-order valence-electron chi connectivity index (χ1n) is 8.98. The van der Waals surface area contributed by atoms with Gasteiger partial charge in [-0.25, -0.2) is 0 Å². The molecule has 0 amide bonds. The molecular weight excluding hydrogens is 335 g/mol. The average Bonchev–Trinajstić information content (AvgIpc) is 2.65. The minimum absolute atomic E-state index is 0.406. The van der Waals surface area contributed by atoms with E-state index in [-0.39, 0.29) is 0 Å². The third-order valence-electron chi connectivity index (χ3n) is 5.16. The summed E-state index contributed by atoms with van der Waals surface area (Å²) in [6.07, 6.45) is 1.86. The molecule has 2 heteroatoms. The summed E-state index contributed by atoms with van der Waals surface area (Å²) in [5.74, 6) is 0.406. The Morgan fingerprint density at radius 1 is 0.692 bits per heavy atom. The lowest BCUT2D eigenvalue weighted by Crippen LogP contribution is -1.92. The fourth-order valence-corrected chi connectivity index (χ4v) is 4.04. The van der Waals surface area contributed by atoms with Gasteiger partial charge in [0.05, 0.1) is 0 Å². The first-order chi connectivity index (χ1) is 12.5. The van der Waals surface area contributed by atoms with Crippen molar-refractivity contribution in [3.05, 3.63) is 88.5 Å². The number of aromatic hydroxyl groups is 1. The van der Waals surface area contributed by atoms with E-state index in [2.05, 4.69) is 69.9 Å². The number of benzene rings is 4. The molecule has 0 saturated heterocycles. The molecule has 4 aromatic carbocycles. The highest BCUT2D eigenvalue weighted by Crippen LogP contribution is 2.29. The summed E-state index contributed by atoms with van der Waals surface area (Å²) in [6.45, 7) is 3.92. The lowest BCUT2D eigenvalue weighted by atomic mass is 9.95. The van der Waals surface area contributed by atoms with E-state index in [9.17, 15) is 5.11 Å². The Kier molecular flexibility index (Phi) is 4.42. The summed E-state index contributed by atoms with van der Waals surface area (Å²) < 4.78 is 0. The van der Waals surface area contributed by atoms with Gasteiger partial charge in [0.1, 0.15) is 5.75 Å². The summed E-state index contributed by atoms with van der Waals surface area (Å²) in [5, 5.41) is 15.2. The zero-order valence-electron chi connectivity index (χ0n) is 15.2. The standard InChI is InChI=1S/C24H23OP/c1-15-9-19(10-16(2)24(15)25)11-17-3-7-22-20(12-17)5-6-21-13-18(14-26)4-8-23(21)22/h3-10,12-13,25H,11,14,26H2,1-2H3. The Morgan fingerprint density at radius 2 is 1.23 bits per heavy atom. The molecule has 0 heterocycles. The monoisotopic (exact) mass is 358 g/mol. The number of aryl methyl sites for hydroxylation is 2. The molecule has 0 aliphatic heterocycles. The molecule has 0 saturated carbocycles. The van der Waals surface area contributed by atoms with Crippen LogP contribution in [0.15, 0.2) is 60.7 Å². The van der Waals surface area contributed by atoms with E-state index in [1.807, 2.05) is 13.8 Å². The smallest absolute Gasteiger partial charge is 0.121 e. The van der Waals surface area contributed by atoms with E-state index in [1.165, 1.54) is 38.2 Å². The second kappa shape index (κ2) is 6.74. The van der Waals surface area contributed by atoms with Crippen molar-refractivity contribution in [1.82, 2.24) is 0 Å². The van der Waals surface area contributed by atoms with Crippen molar-refractivity contribution in [3.8, 4) is 5.75 Å². The molecule has 1 atom stereocenters. The maximum atomic E-state index is 9.97. The largest absolute Gasteiger partial charge is 0.507 e. The summed E-state index contributed by atoms with van der Waals surface area (Å²) >= 11 is 0. The minimum Gasteiger partial charge on any atom is -0.507 e. The minimum atomic E-state index is 0.406. The highest BCUT2D eigenvalue weighted by atomic mass is 31.0. The fourth-order valence-electron chi connectivity index (χ4n) is 3.79. The fraction of sp³-hybridized carbons (Fsp3) is 0.167. The van der Waals surface area contributed by atoms with Crippen molar-refractivity contribution in [2.75, 3.05) is 0 Å². The molecule has 1 N–H and O–H groups in total. The predicted molar refractivity (Wildman–Crippen MR) is 115 cm³/mol. The van der Waals surface area contributed by atoms with Gasteiger partial charge in [-0.15, -0.1) is 9.24 Å². The van der Waals surface area contributed by atoms with Crippen LogP contribution < -0.4 is 0 Å². The number of hydrogen-bond acceptors (Lipinski definition) is 1. The van der Waals surface area contributed by atoms with Crippen LogP contribution in [0.2, 0.25) is 0 Å². The van der Waals surface area contributed by atoms with Crippen molar-refractivity contribution >= 4 is 30.8 Å². The summed E-state index contributed by atoms with van der Waals surface area (Å²) in [6, 6.07) is 22.1. The van der Waals surface area contributed by atoms with E-state index in [0.717, 1.165) is 23.7 Å². The third kappa shape index (κ3) is 3.08. The van der Waals surface area contributed by atoms with Gasteiger partial charge in [0.25, 0.3) is 0 Å². The van der Waals surface area contributed by atoms with Gasteiger partial charge < -0.3 is 5.11 Å². The van der Waals surface area contributed by atoms with Crippen molar-refractivity contribution in [2.45, 2.75) is 26.4 Å². The molecule has 0 aliphatic rings. The first kappa shape index (κ1) is 17.1. The molecular formula is C24H23OP. The Hall–Kier alpha value is -2.37. The molecule has 0 spiro atoms. The second-order valence-corrected chi connectivity index (χ2v) is 7.54. The van der Waals surface area contributed by atoms with E-state index < -0.39 is 0 Å². The van der Waals surface area contributed by atoms with E-state index in [0.29, 0.717) is 5.75 Å². The number of fused-ring (bicyclic) bond motifs is 3. The Balaban J connectivity index is 1.75. The maximum Gasteiger partial charge on any atom is 0.121 e. The van der Waals surface area contributed by atoms with E-state index >= 15 is 0 Å². The molecule has 0 fully saturated rings. The highest BCUT2D eigenvalue weighted by molar-refractivity contribution is 7.15. The molecule has 4 rings (SSSR count). The highest BCUT2D eigenvalue weighted by Gasteiger charge is 2.06. The topological polar surface area (TPSA) is 20.2 Å². The van der Waals surface area contributed by atoms with Gasteiger partial charge in [-0.2, -0.15) is 0 Å². The number of hydrogen-bond donors (Lipinski definition) is 1. The van der Waals surface area contributed by atoms with Crippen molar-refractivity contribution in [2.24, 2.45) is 0 Å². The molecule has 0 bridgehead atoms. The Morgan fingerprint density at radius 3 is 1.81 bits per heavy atom. The van der Waals surface area contributed by atoms with Crippen LogP contribution in [0.3, 0.4) is 0 Å². The normalized spacial score (nSPS) is 11.3. The third-order valence-corrected chi connectivity index (χ3v) is 5.63. The molecule has 1 unspecified atom stereocenters. The molecule has 1 nitrogen and oxygen atoms in total. The number of rotatable bonds is 3. The van der Waals surface area contributed by atoms with Gasteiger partial charge in [0, 0.05) is 0 Å². The average molecular weight is 358 g/mol. The maximum absolute atomic E-state index is 9.97. The quantitative estimate of drug-likeness (QED) is 0.337. The van der Waals surface area contributed by atoms with Crippen LogP contribution in [0.5, 0.6) is 5.75 Å². The Labute approximate surface area is 156 Å². The van der Waals surface area contributed by atoms with Crippen molar-refractivity contribution < 1.29 is 5.11 Å². The summed E-state index contributed by atoms with van der Waals surface area (Å²) in [4.78, 5) is 0. The van der Waals surface area contributed by atoms with Crippen LogP contribution in [-0.2, 0) is 12.6 Å². The molecule has 0 radical (unpaired) electrons. The van der Waals surface area contributed by atoms with Gasteiger partial charge in [-0.05, 0) is 75.8 Å².